The Labute approximate surface area is 177 Å². The minimum atomic E-state index is -2.05. The molecule has 10 nitrogen and oxygen atoms in total. The largest absolute Gasteiger partial charge is 0.484 e. The van der Waals surface area contributed by atoms with Crippen molar-refractivity contribution in [3.05, 3.63) is 95.1 Å². The molecule has 0 spiro atoms. The molecule has 0 fully saturated rings. The Balaban J connectivity index is 1.62. The number of nitrogens with zero attached hydrogens (tertiary/aromatic N) is 4. The van der Waals surface area contributed by atoms with Crippen LogP contribution in [-0.2, 0) is 9.63 Å². The number of carbonyl (C=O) groups is 1. The molecule has 1 amide bonds. The van der Waals surface area contributed by atoms with Crippen LogP contribution in [0.5, 0.6) is 5.75 Å². The zero-order chi connectivity index (χ0) is 21.9. The number of nitrogens with one attached hydrogen (secondary N) is 1. The monoisotopic (exact) mass is 421 g/mol. The van der Waals surface area contributed by atoms with Crippen LogP contribution in [0.3, 0.4) is 0 Å². The molecule has 0 saturated heterocycles. The molecule has 0 saturated carbocycles. The molecule has 0 radical (unpaired) electrons. The Morgan fingerprint density at radius 3 is 2.55 bits per heavy atom. The van der Waals surface area contributed by atoms with Gasteiger partial charge in [-0.25, -0.2) is 5.43 Å². The smallest absolute Gasteiger partial charge is 0.416 e. The van der Waals surface area contributed by atoms with E-state index in [4.69, 9.17) is 9.57 Å². The van der Waals surface area contributed by atoms with Gasteiger partial charge >= 0.3 is 5.72 Å². The quantitative estimate of drug-likeness (QED) is 0.217. The number of amides is 1. The van der Waals surface area contributed by atoms with Gasteiger partial charge in [-0.3, -0.25) is 19.7 Å². The fraction of sp³-hybridized carbons (Fsp3) is 0.143. The predicted molar refractivity (Wildman–Crippen MR) is 112 cm³/mol. The SMILES string of the molecule is O=C(COc1ccccc1)NN=CC1C=CC=CC1(ON=Nc1ccccc1)[N+](=O)[O-]. The lowest BCUT2D eigenvalue weighted by Gasteiger charge is -2.24. The Hall–Kier alpha value is -4.34. The molecule has 0 aliphatic heterocycles. The highest BCUT2D eigenvalue weighted by Gasteiger charge is 2.51. The van der Waals surface area contributed by atoms with Crippen molar-refractivity contribution in [3.63, 3.8) is 0 Å². The summed E-state index contributed by atoms with van der Waals surface area (Å²) in [5, 5.41) is 23.0. The van der Waals surface area contributed by atoms with Crippen LogP contribution in [0.2, 0.25) is 0 Å². The predicted octanol–water partition coefficient (Wildman–Crippen LogP) is 3.60. The third kappa shape index (κ3) is 5.82. The van der Waals surface area contributed by atoms with Gasteiger partial charge in [-0.15, -0.1) is 5.11 Å². The first kappa shape index (κ1) is 21.4. The summed E-state index contributed by atoms with van der Waals surface area (Å²) >= 11 is 0. The van der Waals surface area contributed by atoms with E-state index in [1.807, 2.05) is 6.07 Å². The number of allylic oxidation sites excluding steroid dienone is 2. The van der Waals surface area contributed by atoms with Crippen LogP contribution in [0.25, 0.3) is 0 Å². The summed E-state index contributed by atoms with van der Waals surface area (Å²) < 4.78 is 5.31. The van der Waals surface area contributed by atoms with Crippen molar-refractivity contribution in [3.8, 4) is 5.75 Å². The first-order valence-corrected chi connectivity index (χ1v) is 9.25. The molecule has 2 atom stereocenters. The van der Waals surface area contributed by atoms with Gasteiger partial charge in [0.2, 0.25) is 0 Å². The molecule has 0 bridgehead atoms. The van der Waals surface area contributed by atoms with Crippen molar-refractivity contribution in [2.45, 2.75) is 5.72 Å². The van der Waals surface area contributed by atoms with Gasteiger partial charge in [-0.05, 0) is 24.3 Å². The zero-order valence-corrected chi connectivity index (χ0v) is 16.3. The first-order chi connectivity index (χ1) is 15.1. The number of nitro groups is 1. The van der Waals surface area contributed by atoms with E-state index >= 15 is 0 Å². The molecule has 31 heavy (non-hydrogen) atoms. The van der Waals surface area contributed by atoms with Gasteiger partial charge in [-0.2, -0.15) is 5.10 Å². The highest BCUT2D eigenvalue weighted by Crippen LogP contribution is 2.29. The van der Waals surface area contributed by atoms with Crippen molar-refractivity contribution >= 4 is 17.8 Å². The van der Waals surface area contributed by atoms with Gasteiger partial charge in [0.1, 0.15) is 11.7 Å². The molecule has 2 unspecified atom stereocenters. The summed E-state index contributed by atoms with van der Waals surface area (Å²) in [5.41, 5.74) is 0.699. The fourth-order valence-electron chi connectivity index (χ4n) is 2.60. The maximum absolute atomic E-state index is 11.9. The lowest BCUT2D eigenvalue weighted by Crippen LogP contribution is -2.46. The number of benzene rings is 2. The average Bonchev–Trinajstić information content (AvgIpc) is 2.80. The Bertz CT molecular complexity index is 1010. The molecular formula is C21H19N5O5. The van der Waals surface area contributed by atoms with Crippen LogP contribution in [-0.4, -0.2) is 29.4 Å². The van der Waals surface area contributed by atoms with Crippen LogP contribution >= 0.6 is 0 Å². The summed E-state index contributed by atoms with van der Waals surface area (Å²) in [6.07, 6.45) is 7.03. The summed E-state index contributed by atoms with van der Waals surface area (Å²) in [4.78, 5) is 28.3. The Morgan fingerprint density at radius 2 is 1.84 bits per heavy atom. The van der Waals surface area contributed by atoms with Gasteiger partial charge in [0.05, 0.1) is 10.6 Å². The Kier molecular flexibility index (Phi) is 7.20. The maximum atomic E-state index is 11.9. The third-order valence-electron chi connectivity index (χ3n) is 4.16. The third-order valence-corrected chi connectivity index (χ3v) is 4.16. The van der Waals surface area contributed by atoms with Crippen LogP contribution in [0.15, 0.2) is 100 Å². The van der Waals surface area contributed by atoms with Crippen molar-refractivity contribution in [2.24, 2.45) is 21.4 Å². The second-order valence-electron chi connectivity index (χ2n) is 6.30. The van der Waals surface area contributed by atoms with E-state index in [2.05, 4.69) is 20.9 Å². The normalized spacial score (nSPS) is 20.1. The van der Waals surface area contributed by atoms with Crippen molar-refractivity contribution in [1.29, 1.82) is 0 Å². The molecule has 2 aromatic carbocycles. The summed E-state index contributed by atoms with van der Waals surface area (Å²) in [5.74, 6) is -0.934. The fourth-order valence-corrected chi connectivity index (χ4v) is 2.60. The van der Waals surface area contributed by atoms with Crippen LogP contribution in [0, 0.1) is 16.0 Å². The van der Waals surface area contributed by atoms with E-state index in [-0.39, 0.29) is 6.61 Å². The second kappa shape index (κ2) is 10.4. The molecule has 3 rings (SSSR count). The molecule has 158 valence electrons. The standard InChI is InChI=1S/C21H19N5O5/c27-20(16-30-19-12-5-2-6-13-19)24-22-15-17-9-7-8-14-21(17,26(28)29)31-25-23-18-10-3-1-4-11-18/h1-15,17H,16H2,(H,24,27). The molecule has 1 N–H and O–H groups in total. The van der Waals surface area contributed by atoms with E-state index in [1.54, 1.807) is 60.7 Å². The number of rotatable bonds is 9. The number of para-hydroxylation sites is 1. The first-order valence-electron chi connectivity index (χ1n) is 9.25. The van der Waals surface area contributed by atoms with Gasteiger partial charge < -0.3 is 4.74 Å². The van der Waals surface area contributed by atoms with Gasteiger partial charge in [0.15, 0.2) is 6.61 Å². The van der Waals surface area contributed by atoms with E-state index in [1.165, 1.54) is 24.4 Å². The van der Waals surface area contributed by atoms with E-state index in [0.717, 1.165) is 0 Å². The van der Waals surface area contributed by atoms with Gasteiger partial charge in [0, 0.05) is 17.6 Å². The highest BCUT2D eigenvalue weighted by molar-refractivity contribution is 5.78. The van der Waals surface area contributed by atoms with E-state index in [9.17, 15) is 14.9 Å². The summed E-state index contributed by atoms with van der Waals surface area (Å²) in [7, 11) is 0. The average molecular weight is 421 g/mol. The van der Waals surface area contributed by atoms with Gasteiger partial charge in [0.25, 0.3) is 5.91 Å². The van der Waals surface area contributed by atoms with E-state index in [0.29, 0.717) is 11.4 Å². The van der Waals surface area contributed by atoms with E-state index < -0.39 is 22.5 Å². The minimum absolute atomic E-state index is 0.260. The molecular weight excluding hydrogens is 402 g/mol. The lowest BCUT2D eigenvalue weighted by atomic mass is 9.93. The molecule has 0 heterocycles. The van der Waals surface area contributed by atoms with Crippen LogP contribution in [0.1, 0.15) is 0 Å². The summed E-state index contributed by atoms with van der Waals surface area (Å²) in [6.45, 7) is -0.260. The lowest BCUT2D eigenvalue weighted by molar-refractivity contribution is -0.619. The topological polar surface area (TPSA) is 128 Å². The number of hydrogen-bond acceptors (Lipinski definition) is 8. The van der Waals surface area contributed by atoms with Gasteiger partial charge in [-0.1, -0.05) is 54.6 Å². The Morgan fingerprint density at radius 1 is 1.13 bits per heavy atom. The molecule has 1 aliphatic rings. The van der Waals surface area contributed by atoms with Crippen molar-refractivity contribution in [1.82, 2.24) is 5.43 Å². The number of hydrazone groups is 1. The number of hydrogen-bond donors (Lipinski definition) is 1. The van der Waals surface area contributed by atoms with Crippen LogP contribution in [0.4, 0.5) is 5.69 Å². The highest BCUT2D eigenvalue weighted by atomic mass is 16.7. The van der Waals surface area contributed by atoms with Crippen molar-refractivity contribution in [2.75, 3.05) is 6.61 Å². The number of carbonyl (C=O) groups excluding carboxylic acids is 1. The summed E-state index contributed by atoms with van der Waals surface area (Å²) in [6, 6.07) is 17.5. The second-order valence-corrected chi connectivity index (χ2v) is 6.30. The zero-order valence-electron chi connectivity index (χ0n) is 16.3. The molecule has 2 aromatic rings. The molecule has 0 aromatic heterocycles. The molecule has 1 aliphatic carbocycles. The van der Waals surface area contributed by atoms with Crippen LogP contribution < -0.4 is 10.2 Å². The van der Waals surface area contributed by atoms with Crippen molar-refractivity contribution < 1.29 is 19.3 Å². The number of ether oxygens (including phenoxy) is 1. The molecule has 10 heteroatoms. The maximum Gasteiger partial charge on any atom is 0.416 e. The minimum Gasteiger partial charge on any atom is -0.484 e.